The van der Waals surface area contributed by atoms with Crippen LogP contribution in [0.5, 0.6) is 0 Å². The van der Waals surface area contributed by atoms with E-state index in [9.17, 15) is 13.2 Å². The standard InChI is InChI=1S/C17H19BrN2O3S/c1-12-7-3-4-8-14(12)13(2)24(22,23)19-11-17(21)20-16-10-6-5-9-15(16)18/h3-10,13,19H,11H2,1-2H3,(H,20,21). The van der Waals surface area contributed by atoms with Crippen LogP contribution in [0.2, 0.25) is 0 Å². The van der Waals surface area contributed by atoms with Gasteiger partial charge in [-0.15, -0.1) is 0 Å². The van der Waals surface area contributed by atoms with E-state index < -0.39 is 21.2 Å². The Morgan fingerprint density at radius 2 is 1.75 bits per heavy atom. The molecule has 2 aromatic carbocycles. The Morgan fingerprint density at radius 3 is 2.42 bits per heavy atom. The molecule has 1 unspecified atom stereocenters. The fourth-order valence-corrected chi connectivity index (χ4v) is 3.82. The first-order valence-electron chi connectivity index (χ1n) is 7.39. The van der Waals surface area contributed by atoms with Crippen LogP contribution in [0.25, 0.3) is 0 Å². The van der Waals surface area contributed by atoms with Gasteiger partial charge in [-0.25, -0.2) is 13.1 Å². The van der Waals surface area contributed by atoms with Crippen LogP contribution in [0.15, 0.2) is 53.0 Å². The minimum absolute atomic E-state index is 0.320. The molecule has 0 fully saturated rings. The Hall–Kier alpha value is -1.70. The number of halogens is 1. The Balaban J connectivity index is 2.01. The quantitative estimate of drug-likeness (QED) is 0.766. The van der Waals surface area contributed by atoms with Crippen molar-refractivity contribution in [3.63, 3.8) is 0 Å². The molecule has 0 spiro atoms. The Morgan fingerprint density at radius 1 is 1.12 bits per heavy atom. The maximum absolute atomic E-state index is 12.4. The Bertz CT molecular complexity index is 837. The van der Waals surface area contributed by atoms with Crippen LogP contribution in [-0.4, -0.2) is 20.9 Å². The van der Waals surface area contributed by atoms with E-state index in [1.807, 2.05) is 25.1 Å². The van der Waals surface area contributed by atoms with Gasteiger partial charge in [0.2, 0.25) is 15.9 Å². The van der Waals surface area contributed by atoms with Gasteiger partial charge >= 0.3 is 0 Å². The molecule has 0 aliphatic heterocycles. The summed E-state index contributed by atoms with van der Waals surface area (Å²) in [5.74, 6) is -0.428. The molecule has 0 aromatic heterocycles. The van der Waals surface area contributed by atoms with Crippen molar-refractivity contribution in [3.8, 4) is 0 Å². The second-order valence-electron chi connectivity index (χ2n) is 5.39. The highest BCUT2D eigenvalue weighted by atomic mass is 79.9. The maximum Gasteiger partial charge on any atom is 0.239 e. The van der Waals surface area contributed by atoms with Crippen LogP contribution < -0.4 is 10.0 Å². The number of benzene rings is 2. The summed E-state index contributed by atoms with van der Waals surface area (Å²) in [6.45, 7) is 3.15. The molecule has 128 valence electrons. The van der Waals surface area contributed by atoms with E-state index in [2.05, 4.69) is 26.0 Å². The van der Waals surface area contributed by atoms with Crippen molar-refractivity contribution in [3.05, 3.63) is 64.1 Å². The van der Waals surface area contributed by atoms with Crippen LogP contribution in [-0.2, 0) is 14.8 Å². The van der Waals surface area contributed by atoms with Crippen LogP contribution >= 0.6 is 15.9 Å². The van der Waals surface area contributed by atoms with Crippen molar-refractivity contribution in [2.45, 2.75) is 19.1 Å². The number of carbonyl (C=O) groups is 1. The lowest BCUT2D eigenvalue weighted by Gasteiger charge is -2.16. The number of sulfonamides is 1. The molecule has 0 saturated carbocycles. The highest BCUT2D eigenvalue weighted by Gasteiger charge is 2.24. The fraction of sp³-hybridized carbons (Fsp3) is 0.235. The molecule has 2 aromatic rings. The van der Waals surface area contributed by atoms with E-state index in [0.717, 1.165) is 15.6 Å². The SMILES string of the molecule is Cc1ccccc1C(C)S(=O)(=O)NCC(=O)Nc1ccccc1Br. The summed E-state index contributed by atoms with van der Waals surface area (Å²) in [6.07, 6.45) is 0. The van der Waals surface area contributed by atoms with Crippen LogP contribution in [0, 0.1) is 6.92 Å². The average Bonchev–Trinajstić information content (AvgIpc) is 2.55. The molecule has 0 saturated heterocycles. The number of nitrogens with one attached hydrogen (secondary N) is 2. The van der Waals surface area contributed by atoms with Crippen molar-refractivity contribution in [2.75, 3.05) is 11.9 Å². The fourth-order valence-electron chi connectivity index (χ4n) is 2.26. The van der Waals surface area contributed by atoms with Gasteiger partial charge in [0.15, 0.2) is 0 Å². The summed E-state index contributed by atoms with van der Waals surface area (Å²) in [5, 5.41) is 1.92. The van der Waals surface area contributed by atoms with Gasteiger partial charge in [-0.3, -0.25) is 4.79 Å². The van der Waals surface area contributed by atoms with E-state index >= 15 is 0 Å². The van der Waals surface area contributed by atoms with Crippen LogP contribution in [0.3, 0.4) is 0 Å². The van der Waals surface area contributed by atoms with Gasteiger partial charge in [0.05, 0.1) is 17.5 Å². The third kappa shape index (κ3) is 4.66. The number of anilines is 1. The summed E-state index contributed by atoms with van der Waals surface area (Å²) in [7, 11) is -3.66. The maximum atomic E-state index is 12.4. The molecule has 2 rings (SSSR count). The summed E-state index contributed by atoms with van der Waals surface area (Å²) < 4.78 is 27.9. The predicted molar refractivity (Wildman–Crippen MR) is 99.3 cm³/mol. The second kappa shape index (κ2) is 7.92. The molecule has 2 N–H and O–H groups in total. The van der Waals surface area contributed by atoms with Gasteiger partial charge in [0, 0.05) is 4.47 Å². The largest absolute Gasteiger partial charge is 0.324 e. The smallest absolute Gasteiger partial charge is 0.239 e. The third-order valence-corrected chi connectivity index (χ3v) is 6.10. The minimum Gasteiger partial charge on any atom is -0.324 e. The van der Waals surface area contributed by atoms with Crippen molar-refractivity contribution >= 4 is 37.5 Å². The molecule has 7 heteroatoms. The minimum atomic E-state index is -3.66. The molecule has 24 heavy (non-hydrogen) atoms. The number of aryl methyl sites for hydroxylation is 1. The first kappa shape index (κ1) is 18.6. The van der Waals surface area contributed by atoms with Gasteiger partial charge in [-0.1, -0.05) is 36.4 Å². The van der Waals surface area contributed by atoms with E-state index in [-0.39, 0.29) is 6.54 Å². The van der Waals surface area contributed by atoms with Crippen molar-refractivity contribution < 1.29 is 13.2 Å². The molecule has 1 atom stereocenters. The summed E-state index contributed by atoms with van der Waals surface area (Å²) in [4.78, 5) is 12.0. The molecule has 0 aliphatic carbocycles. The van der Waals surface area contributed by atoms with Gasteiger partial charge in [0.1, 0.15) is 0 Å². The molecule has 0 radical (unpaired) electrons. The van der Waals surface area contributed by atoms with Crippen molar-refractivity contribution in [1.29, 1.82) is 0 Å². The molecule has 0 bridgehead atoms. The molecule has 0 heterocycles. The average molecular weight is 411 g/mol. The Kier molecular flexibility index (Phi) is 6.15. The molecule has 1 amide bonds. The third-order valence-electron chi connectivity index (χ3n) is 3.67. The highest BCUT2D eigenvalue weighted by molar-refractivity contribution is 9.10. The van der Waals surface area contributed by atoms with E-state index in [1.54, 1.807) is 37.3 Å². The summed E-state index contributed by atoms with van der Waals surface area (Å²) in [5.41, 5.74) is 2.21. The van der Waals surface area contributed by atoms with E-state index in [1.165, 1.54) is 0 Å². The van der Waals surface area contributed by atoms with Gasteiger partial charge < -0.3 is 5.32 Å². The number of hydrogen-bond acceptors (Lipinski definition) is 3. The number of para-hydroxylation sites is 1. The molecule has 5 nitrogen and oxygen atoms in total. The highest BCUT2D eigenvalue weighted by Crippen LogP contribution is 2.24. The topological polar surface area (TPSA) is 75.3 Å². The molecular formula is C17H19BrN2O3S. The van der Waals surface area contributed by atoms with Gasteiger partial charge in [0.25, 0.3) is 0 Å². The number of rotatable bonds is 6. The van der Waals surface area contributed by atoms with Crippen LogP contribution in [0.1, 0.15) is 23.3 Å². The summed E-state index contributed by atoms with van der Waals surface area (Å²) in [6, 6.07) is 14.4. The summed E-state index contributed by atoms with van der Waals surface area (Å²) >= 11 is 3.32. The van der Waals surface area contributed by atoms with E-state index in [4.69, 9.17) is 0 Å². The molecular weight excluding hydrogens is 392 g/mol. The number of amides is 1. The zero-order chi connectivity index (χ0) is 17.7. The first-order valence-corrected chi connectivity index (χ1v) is 9.73. The van der Waals surface area contributed by atoms with E-state index in [0.29, 0.717) is 5.69 Å². The monoisotopic (exact) mass is 410 g/mol. The van der Waals surface area contributed by atoms with Gasteiger partial charge in [-0.2, -0.15) is 0 Å². The lowest BCUT2D eigenvalue weighted by Crippen LogP contribution is -2.35. The molecule has 0 aliphatic rings. The lowest BCUT2D eigenvalue weighted by atomic mass is 10.1. The normalized spacial score (nSPS) is 12.6. The van der Waals surface area contributed by atoms with Crippen molar-refractivity contribution in [1.82, 2.24) is 4.72 Å². The van der Waals surface area contributed by atoms with Crippen LogP contribution in [0.4, 0.5) is 5.69 Å². The first-order chi connectivity index (χ1) is 11.3. The zero-order valence-corrected chi connectivity index (χ0v) is 15.8. The number of carbonyl (C=O) groups excluding carboxylic acids is 1. The van der Waals surface area contributed by atoms with Gasteiger partial charge in [-0.05, 0) is 53.0 Å². The zero-order valence-electron chi connectivity index (χ0n) is 13.4. The predicted octanol–water partition coefficient (Wildman–Crippen LogP) is 3.38. The van der Waals surface area contributed by atoms with Crippen molar-refractivity contribution in [2.24, 2.45) is 0 Å². The lowest BCUT2D eigenvalue weighted by molar-refractivity contribution is -0.115. The second-order valence-corrected chi connectivity index (χ2v) is 8.33. The Labute approximate surface area is 150 Å². The number of hydrogen-bond donors (Lipinski definition) is 2.